The standard InChI is InChI=1S/C22H20N6O3/c1-13(29)24-15-7-8-18-16(10-15)20-26-22(23)27-28(20)21(25-18)17(19-11-30-12-31-19)9-14-5-3-2-4-6-14/h2-8,10-11,17H,9,12H2,1H3,(H2,23,27)(H,24,29). The van der Waals surface area contributed by atoms with Gasteiger partial charge >= 0.3 is 0 Å². The number of rotatable bonds is 5. The summed E-state index contributed by atoms with van der Waals surface area (Å²) in [6, 6.07) is 15.5. The fraction of sp³-hybridized carbons (Fsp3) is 0.182. The molecule has 0 radical (unpaired) electrons. The Labute approximate surface area is 177 Å². The monoisotopic (exact) mass is 416 g/mol. The molecule has 31 heavy (non-hydrogen) atoms. The predicted molar refractivity (Wildman–Crippen MR) is 115 cm³/mol. The number of carbonyl (C=O) groups is 1. The van der Waals surface area contributed by atoms with Crippen molar-refractivity contribution in [2.45, 2.75) is 19.3 Å². The molecule has 4 aromatic rings. The molecule has 5 rings (SSSR count). The zero-order chi connectivity index (χ0) is 21.4. The number of nitrogen functional groups attached to an aromatic ring is 1. The third-order valence-corrected chi connectivity index (χ3v) is 5.06. The summed E-state index contributed by atoms with van der Waals surface area (Å²) in [5, 5.41) is 7.91. The van der Waals surface area contributed by atoms with Gasteiger partial charge < -0.3 is 20.5 Å². The number of hydrogen-bond acceptors (Lipinski definition) is 7. The van der Waals surface area contributed by atoms with Gasteiger partial charge in [0.05, 0.1) is 11.4 Å². The first-order valence-corrected chi connectivity index (χ1v) is 9.80. The molecule has 1 atom stereocenters. The molecule has 0 bridgehead atoms. The number of allylic oxidation sites excluding steroid dienone is 1. The van der Waals surface area contributed by atoms with Crippen molar-refractivity contribution in [2.24, 2.45) is 0 Å². The van der Waals surface area contributed by atoms with E-state index in [1.807, 2.05) is 30.3 Å². The molecule has 156 valence electrons. The van der Waals surface area contributed by atoms with Gasteiger partial charge in [-0.05, 0) is 30.2 Å². The number of nitrogens with zero attached hydrogens (tertiary/aromatic N) is 4. The Morgan fingerprint density at radius 2 is 2.06 bits per heavy atom. The van der Waals surface area contributed by atoms with Crippen molar-refractivity contribution in [1.29, 1.82) is 0 Å². The van der Waals surface area contributed by atoms with Crippen LogP contribution in [0, 0.1) is 0 Å². The van der Waals surface area contributed by atoms with Crippen molar-refractivity contribution in [3.05, 3.63) is 71.9 Å². The lowest BCUT2D eigenvalue weighted by Gasteiger charge is -2.18. The van der Waals surface area contributed by atoms with E-state index >= 15 is 0 Å². The van der Waals surface area contributed by atoms with E-state index in [9.17, 15) is 4.79 Å². The van der Waals surface area contributed by atoms with Gasteiger partial charge in [-0.2, -0.15) is 9.50 Å². The molecular weight excluding hydrogens is 396 g/mol. The number of amides is 1. The number of nitrogens with one attached hydrogen (secondary N) is 1. The molecule has 3 heterocycles. The Morgan fingerprint density at radius 1 is 1.23 bits per heavy atom. The number of ether oxygens (including phenoxy) is 2. The Balaban J connectivity index is 1.70. The van der Waals surface area contributed by atoms with Crippen LogP contribution in [0.4, 0.5) is 11.6 Å². The largest absolute Gasteiger partial charge is 0.462 e. The van der Waals surface area contributed by atoms with Crippen molar-refractivity contribution in [3.63, 3.8) is 0 Å². The van der Waals surface area contributed by atoms with Crippen molar-refractivity contribution < 1.29 is 14.3 Å². The molecular formula is C22H20N6O3. The zero-order valence-corrected chi connectivity index (χ0v) is 16.8. The highest BCUT2D eigenvalue weighted by atomic mass is 16.7. The fourth-order valence-corrected chi connectivity index (χ4v) is 3.76. The second-order valence-electron chi connectivity index (χ2n) is 7.28. The summed E-state index contributed by atoms with van der Waals surface area (Å²) in [5.41, 5.74) is 9.00. The minimum Gasteiger partial charge on any atom is -0.462 e. The van der Waals surface area contributed by atoms with E-state index in [4.69, 9.17) is 20.2 Å². The van der Waals surface area contributed by atoms with Crippen LogP contribution in [0.2, 0.25) is 0 Å². The maximum absolute atomic E-state index is 11.5. The lowest BCUT2D eigenvalue weighted by atomic mass is 9.96. The van der Waals surface area contributed by atoms with E-state index in [-0.39, 0.29) is 24.6 Å². The third-order valence-electron chi connectivity index (χ3n) is 5.06. The number of carbonyl (C=O) groups excluding carboxylic acids is 1. The Bertz CT molecular complexity index is 1320. The maximum Gasteiger partial charge on any atom is 0.240 e. The van der Waals surface area contributed by atoms with Gasteiger partial charge in [-0.15, -0.1) is 5.10 Å². The number of benzene rings is 2. The predicted octanol–water partition coefficient (Wildman–Crippen LogP) is 2.99. The normalized spacial score (nSPS) is 14.2. The maximum atomic E-state index is 11.5. The quantitative estimate of drug-likeness (QED) is 0.514. The highest BCUT2D eigenvalue weighted by Crippen LogP contribution is 2.33. The molecule has 1 aliphatic heterocycles. The lowest BCUT2D eigenvalue weighted by Crippen LogP contribution is -2.15. The van der Waals surface area contributed by atoms with Gasteiger partial charge in [0.25, 0.3) is 0 Å². The summed E-state index contributed by atoms with van der Waals surface area (Å²) >= 11 is 0. The van der Waals surface area contributed by atoms with Crippen LogP contribution in [0.15, 0.2) is 60.6 Å². The van der Waals surface area contributed by atoms with Crippen LogP contribution >= 0.6 is 0 Å². The van der Waals surface area contributed by atoms with Crippen LogP contribution in [-0.2, 0) is 20.7 Å². The molecule has 0 saturated heterocycles. The van der Waals surface area contributed by atoms with Gasteiger partial charge in [-0.3, -0.25) is 4.79 Å². The van der Waals surface area contributed by atoms with Gasteiger partial charge in [0, 0.05) is 18.0 Å². The molecule has 1 aliphatic rings. The second-order valence-corrected chi connectivity index (χ2v) is 7.28. The highest BCUT2D eigenvalue weighted by Gasteiger charge is 2.28. The lowest BCUT2D eigenvalue weighted by molar-refractivity contribution is -0.114. The molecule has 9 nitrogen and oxygen atoms in total. The number of aromatic nitrogens is 4. The van der Waals surface area contributed by atoms with E-state index < -0.39 is 0 Å². The van der Waals surface area contributed by atoms with Gasteiger partial charge in [0.2, 0.25) is 18.6 Å². The summed E-state index contributed by atoms with van der Waals surface area (Å²) in [5.74, 6) is 1.03. The SMILES string of the molecule is CC(=O)Nc1ccc2nc(C(Cc3ccccc3)C3=COCO3)n3nc(N)nc3c2c1. The Morgan fingerprint density at radius 3 is 2.81 bits per heavy atom. The van der Waals surface area contributed by atoms with Crippen LogP contribution in [0.25, 0.3) is 16.6 Å². The first kappa shape index (κ1) is 18.9. The molecule has 1 amide bonds. The molecule has 0 spiro atoms. The van der Waals surface area contributed by atoms with Crippen molar-refractivity contribution in [3.8, 4) is 0 Å². The molecule has 2 aromatic heterocycles. The van der Waals surface area contributed by atoms with E-state index in [0.29, 0.717) is 34.9 Å². The summed E-state index contributed by atoms with van der Waals surface area (Å²) in [6.07, 6.45) is 2.25. The summed E-state index contributed by atoms with van der Waals surface area (Å²) in [7, 11) is 0. The average molecular weight is 416 g/mol. The smallest absolute Gasteiger partial charge is 0.240 e. The Kier molecular flexibility index (Phi) is 4.62. The van der Waals surface area contributed by atoms with Gasteiger partial charge in [-0.1, -0.05) is 30.3 Å². The van der Waals surface area contributed by atoms with E-state index in [2.05, 4.69) is 27.5 Å². The van der Waals surface area contributed by atoms with Gasteiger partial charge in [0.1, 0.15) is 17.8 Å². The molecule has 0 fully saturated rings. The molecule has 0 aliphatic carbocycles. The number of anilines is 2. The third kappa shape index (κ3) is 3.61. The molecule has 9 heteroatoms. The molecule has 1 unspecified atom stereocenters. The number of nitrogens with two attached hydrogens (primary N) is 1. The summed E-state index contributed by atoms with van der Waals surface area (Å²) in [6.45, 7) is 1.62. The van der Waals surface area contributed by atoms with Crippen LogP contribution in [-0.4, -0.2) is 32.3 Å². The van der Waals surface area contributed by atoms with E-state index in [0.717, 1.165) is 10.9 Å². The van der Waals surface area contributed by atoms with E-state index in [1.165, 1.54) is 6.92 Å². The van der Waals surface area contributed by atoms with Crippen LogP contribution < -0.4 is 11.1 Å². The minimum atomic E-state index is -0.257. The molecule has 3 N–H and O–H groups in total. The van der Waals surface area contributed by atoms with Crippen LogP contribution in [0.1, 0.15) is 24.2 Å². The molecule has 2 aromatic carbocycles. The van der Waals surface area contributed by atoms with E-state index in [1.54, 1.807) is 16.8 Å². The van der Waals surface area contributed by atoms with Crippen LogP contribution in [0.3, 0.4) is 0 Å². The van der Waals surface area contributed by atoms with Crippen LogP contribution in [0.5, 0.6) is 0 Å². The van der Waals surface area contributed by atoms with Gasteiger partial charge in [0.15, 0.2) is 5.65 Å². The van der Waals surface area contributed by atoms with Crippen molar-refractivity contribution in [2.75, 3.05) is 17.8 Å². The second kappa shape index (κ2) is 7.60. The van der Waals surface area contributed by atoms with Crippen molar-refractivity contribution in [1.82, 2.24) is 19.6 Å². The molecule has 0 saturated carbocycles. The summed E-state index contributed by atoms with van der Waals surface area (Å²) in [4.78, 5) is 20.8. The first-order valence-electron chi connectivity index (χ1n) is 9.80. The summed E-state index contributed by atoms with van der Waals surface area (Å²) < 4.78 is 12.7. The average Bonchev–Trinajstić information content (AvgIpc) is 3.42. The number of fused-ring (bicyclic) bond motifs is 3. The number of hydrogen-bond donors (Lipinski definition) is 2. The minimum absolute atomic E-state index is 0.136. The Hall–Kier alpha value is -4.14. The highest BCUT2D eigenvalue weighted by molar-refractivity contribution is 5.97. The van der Waals surface area contributed by atoms with Gasteiger partial charge in [-0.25, -0.2) is 4.98 Å². The van der Waals surface area contributed by atoms with Crippen molar-refractivity contribution >= 4 is 34.1 Å². The fourth-order valence-electron chi connectivity index (χ4n) is 3.76. The topological polar surface area (TPSA) is 117 Å². The first-order chi connectivity index (χ1) is 15.1. The zero-order valence-electron chi connectivity index (χ0n) is 16.8.